The summed E-state index contributed by atoms with van der Waals surface area (Å²) in [7, 11) is 0. The Morgan fingerprint density at radius 1 is 0.225 bits per heavy atom. The van der Waals surface area contributed by atoms with Gasteiger partial charge in [-0.2, -0.15) is 0 Å². The SMILES string of the molecule is CC[n+]1cc[nH]c1-c1ccccc1.CC[n+]1cc[nH]c1-c1ccccc1.CC[n+]1cc[nH]c1-c1ccccc1.CC[n+]1cc[nH]c1-c1ccccc1.CC[n+]1cc[nH]c1-c1ccccc1.CC[n+]1cc[nH]c1-c1ccccc1.O=C([O-])c1c(C(=O)[O-])c(C(=O)[O-])c(C(=O)[O-])c(C(=O)[O-])c1C(=O)[O-]. The molecule has 0 saturated heterocycles. The van der Waals surface area contributed by atoms with Gasteiger partial charge in [0.25, 0.3) is 34.9 Å². The van der Waals surface area contributed by atoms with Crippen LogP contribution >= 0.6 is 0 Å². The first-order valence-corrected chi connectivity index (χ1v) is 32.7. The molecular weight excluding hydrogens is 1300 g/mol. The molecule has 0 aliphatic carbocycles. The molecule has 7 aromatic carbocycles. The number of aryl methyl sites for hydroxylation is 6. The Morgan fingerprint density at radius 3 is 0.441 bits per heavy atom. The molecule has 6 N–H and O–H groups in total. The fourth-order valence-corrected chi connectivity index (χ4v) is 10.8. The average Bonchev–Trinajstić information content (AvgIpc) is 1.65. The van der Waals surface area contributed by atoms with Crippen molar-refractivity contribution in [3.8, 4) is 68.3 Å². The van der Waals surface area contributed by atoms with Gasteiger partial charge in [-0.05, 0) is 114 Å². The van der Waals surface area contributed by atoms with Crippen LogP contribution in [0.3, 0.4) is 0 Å². The second-order valence-electron chi connectivity index (χ2n) is 21.7. The Balaban J connectivity index is 0.000000169. The summed E-state index contributed by atoms with van der Waals surface area (Å²) in [6.45, 7) is 18.8. The molecule has 6 aromatic heterocycles. The van der Waals surface area contributed by atoms with Crippen LogP contribution in [0.5, 0.6) is 0 Å². The third-order valence-corrected chi connectivity index (χ3v) is 15.6. The van der Waals surface area contributed by atoms with E-state index in [0.717, 1.165) is 39.3 Å². The standard InChI is InChI=1S/C12H6O12.6C11H12N2/c13-7(14)1-2(8(15)16)4(10(19)20)6(12(23)24)5(11(21)22)3(1)9(17)18;6*1-2-13-9-8-12-11(13)10-6-4-3-5-7-10/h(H,13,14)(H,15,16)(H,17,18)(H,19,20)(H,21,22)(H,23,24);6*3-9H,2H2,1H3. The normalized spacial score (nSPS) is 10.2. The zero-order valence-electron chi connectivity index (χ0n) is 57.1. The van der Waals surface area contributed by atoms with Crippen molar-refractivity contribution in [2.75, 3.05) is 0 Å². The van der Waals surface area contributed by atoms with Crippen LogP contribution in [0.2, 0.25) is 0 Å². The van der Waals surface area contributed by atoms with Crippen molar-refractivity contribution in [2.45, 2.75) is 80.8 Å². The molecule has 0 saturated carbocycles. The first-order valence-electron chi connectivity index (χ1n) is 32.7. The van der Waals surface area contributed by atoms with Crippen LogP contribution in [0.25, 0.3) is 68.3 Å². The quantitative estimate of drug-likeness (QED) is 0.0669. The molecule has 0 bridgehead atoms. The number of aromatic amines is 6. The summed E-state index contributed by atoms with van der Waals surface area (Å²) in [6, 6.07) is 62.1. The van der Waals surface area contributed by atoms with Crippen LogP contribution < -0.4 is 58.0 Å². The number of carboxylic acids is 6. The lowest BCUT2D eigenvalue weighted by Gasteiger charge is -2.28. The molecule has 0 aliphatic heterocycles. The first kappa shape index (κ1) is 76.0. The molecule has 24 nitrogen and oxygen atoms in total. The second kappa shape index (κ2) is 38.5. The van der Waals surface area contributed by atoms with E-state index < -0.39 is 69.2 Å². The molecule has 0 fully saturated rings. The molecule has 24 heteroatoms. The molecule has 13 aromatic rings. The van der Waals surface area contributed by atoms with E-state index in [9.17, 15) is 59.4 Å². The molecule has 0 radical (unpaired) electrons. The van der Waals surface area contributed by atoms with E-state index >= 15 is 0 Å². The van der Waals surface area contributed by atoms with Gasteiger partial charge in [0.05, 0.1) is 108 Å². The molecular formula is C78H78N12O12. The zero-order valence-corrected chi connectivity index (χ0v) is 57.1. The van der Waals surface area contributed by atoms with Crippen LogP contribution in [-0.2, 0) is 39.3 Å². The Hall–Kier alpha value is -13.4. The molecule has 0 amide bonds. The molecule has 0 atom stereocenters. The number of hydrogen-bond acceptors (Lipinski definition) is 12. The third kappa shape index (κ3) is 19.9. The predicted molar refractivity (Wildman–Crippen MR) is 365 cm³/mol. The number of carbonyl (C=O) groups excluding carboxylic acids is 6. The van der Waals surface area contributed by atoms with E-state index in [1.807, 2.05) is 73.6 Å². The fraction of sp³-hybridized carbons (Fsp3) is 0.154. The molecule has 102 heavy (non-hydrogen) atoms. The van der Waals surface area contributed by atoms with Gasteiger partial charge >= 0.3 is 0 Å². The van der Waals surface area contributed by atoms with Gasteiger partial charge in [0, 0.05) is 33.4 Å². The highest BCUT2D eigenvalue weighted by atomic mass is 16.4. The van der Waals surface area contributed by atoms with E-state index in [-0.39, 0.29) is 0 Å². The maximum Gasteiger partial charge on any atom is 0.286 e. The van der Waals surface area contributed by atoms with Gasteiger partial charge in [-0.15, -0.1) is 0 Å². The van der Waals surface area contributed by atoms with Gasteiger partial charge in [-0.1, -0.05) is 109 Å². The van der Waals surface area contributed by atoms with E-state index in [1.165, 1.54) is 68.3 Å². The highest BCUT2D eigenvalue weighted by Crippen LogP contribution is 2.28. The number of rotatable bonds is 18. The molecule has 13 rings (SSSR count). The minimum atomic E-state index is -2.66. The van der Waals surface area contributed by atoms with E-state index in [4.69, 9.17) is 0 Å². The molecule has 522 valence electrons. The smallest absolute Gasteiger partial charge is 0.286 e. The number of benzene rings is 7. The Bertz CT molecular complexity index is 4000. The number of aromatic nitrogens is 12. The van der Waals surface area contributed by atoms with Crippen molar-refractivity contribution < 1.29 is 86.8 Å². The van der Waals surface area contributed by atoms with Gasteiger partial charge in [0.1, 0.15) is 74.4 Å². The average molecular weight is 1380 g/mol. The number of nitrogens with one attached hydrogen (secondary N) is 6. The number of nitrogens with zero attached hydrogens (tertiary/aromatic N) is 6. The summed E-state index contributed by atoms with van der Waals surface area (Å²) in [5, 5.41) is 66.0. The molecule has 0 spiro atoms. The number of carboxylic acid groups (broad SMARTS) is 6. The van der Waals surface area contributed by atoms with Crippen LogP contribution in [0.4, 0.5) is 0 Å². The third-order valence-electron chi connectivity index (χ3n) is 15.6. The van der Waals surface area contributed by atoms with Crippen molar-refractivity contribution in [1.29, 1.82) is 0 Å². The van der Waals surface area contributed by atoms with Crippen molar-refractivity contribution in [1.82, 2.24) is 29.9 Å². The van der Waals surface area contributed by atoms with Crippen molar-refractivity contribution in [2.24, 2.45) is 0 Å². The van der Waals surface area contributed by atoms with Crippen molar-refractivity contribution in [3.05, 3.63) is 290 Å². The number of imidazole rings is 6. The highest BCUT2D eigenvalue weighted by molar-refractivity contribution is 6.21. The minimum absolute atomic E-state index is 0.994. The molecule has 6 heterocycles. The second-order valence-corrected chi connectivity index (χ2v) is 21.7. The Labute approximate surface area is 588 Å². The minimum Gasteiger partial charge on any atom is -0.545 e. The van der Waals surface area contributed by atoms with Crippen LogP contribution in [0.15, 0.2) is 256 Å². The summed E-state index contributed by atoms with van der Waals surface area (Å²) in [5.41, 5.74) is -4.62. The Kier molecular flexibility index (Phi) is 28.7. The predicted octanol–water partition coefficient (Wildman–Crippen LogP) is 3.80. The summed E-state index contributed by atoms with van der Waals surface area (Å²) in [6.07, 6.45) is 24.1. The molecule has 0 aliphatic rings. The fourth-order valence-electron chi connectivity index (χ4n) is 10.8. The topological polar surface area (TPSA) is 359 Å². The van der Waals surface area contributed by atoms with E-state index in [2.05, 4.69) is 282 Å². The lowest BCUT2D eigenvalue weighted by atomic mass is 9.86. The summed E-state index contributed by atoms with van der Waals surface area (Å²) in [5.74, 6) is -8.96. The summed E-state index contributed by atoms with van der Waals surface area (Å²) < 4.78 is 13.1. The van der Waals surface area contributed by atoms with Crippen molar-refractivity contribution >= 4 is 35.8 Å². The van der Waals surface area contributed by atoms with E-state index in [1.54, 1.807) is 0 Å². The van der Waals surface area contributed by atoms with Gasteiger partial charge in [-0.25, -0.2) is 57.3 Å². The Morgan fingerprint density at radius 2 is 0.343 bits per heavy atom. The van der Waals surface area contributed by atoms with Crippen LogP contribution in [0.1, 0.15) is 104 Å². The maximum atomic E-state index is 11.0. The first-order chi connectivity index (χ1) is 49.4. The van der Waals surface area contributed by atoms with Gasteiger partial charge in [0.15, 0.2) is 0 Å². The van der Waals surface area contributed by atoms with Gasteiger partial charge in [-0.3, -0.25) is 0 Å². The number of H-pyrrole nitrogens is 6. The summed E-state index contributed by atoms with van der Waals surface area (Å²) in [4.78, 5) is 85.4. The molecule has 0 unspecified atom stereocenters. The van der Waals surface area contributed by atoms with Crippen molar-refractivity contribution in [3.63, 3.8) is 0 Å². The van der Waals surface area contributed by atoms with Gasteiger partial charge < -0.3 is 59.4 Å². The number of carbonyl (C=O) groups is 6. The number of aromatic carboxylic acids is 6. The number of hydrogen-bond donors (Lipinski definition) is 6. The van der Waals surface area contributed by atoms with E-state index in [0.29, 0.717) is 0 Å². The lowest BCUT2D eigenvalue weighted by molar-refractivity contribution is -0.681. The van der Waals surface area contributed by atoms with Crippen LogP contribution in [0, 0.1) is 0 Å². The summed E-state index contributed by atoms with van der Waals surface area (Å²) >= 11 is 0. The monoisotopic (exact) mass is 1370 g/mol. The lowest BCUT2D eigenvalue weighted by Crippen LogP contribution is -2.44. The van der Waals surface area contributed by atoms with Crippen LogP contribution in [-0.4, -0.2) is 65.7 Å². The van der Waals surface area contributed by atoms with Gasteiger partial charge in [0.2, 0.25) is 0 Å². The zero-order chi connectivity index (χ0) is 73.5. The maximum absolute atomic E-state index is 11.0. The largest absolute Gasteiger partial charge is 0.545 e. The highest BCUT2D eigenvalue weighted by Gasteiger charge is 2.28.